The van der Waals surface area contributed by atoms with E-state index < -0.39 is 0 Å². The third kappa shape index (κ3) is 3.24. The van der Waals surface area contributed by atoms with Crippen molar-refractivity contribution >= 4 is 22.4 Å². The molecule has 0 spiro atoms. The van der Waals surface area contributed by atoms with Crippen LogP contribution in [0.5, 0.6) is 0 Å². The second kappa shape index (κ2) is 5.57. The summed E-state index contributed by atoms with van der Waals surface area (Å²) >= 11 is 1.52. The van der Waals surface area contributed by atoms with E-state index in [1.165, 1.54) is 16.2 Å². The Morgan fingerprint density at radius 2 is 2.53 bits per heavy atom. The molecule has 1 fully saturated rings. The number of morpholine rings is 1. The molecule has 0 radical (unpaired) electrons. The normalized spacial score (nSPS) is 20.5. The van der Waals surface area contributed by atoms with Gasteiger partial charge in [0, 0.05) is 17.6 Å². The Morgan fingerprint density at radius 1 is 1.71 bits per heavy atom. The zero-order valence-electron chi connectivity index (χ0n) is 10.0. The summed E-state index contributed by atoms with van der Waals surface area (Å²) in [4.78, 5) is 17.2. The van der Waals surface area contributed by atoms with Crippen LogP contribution in [-0.2, 0) is 9.53 Å². The van der Waals surface area contributed by atoms with Gasteiger partial charge in [0.1, 0.15) is 6.04 Å². The molecule has 6 heteroatoms. The van der Waals surface area contributed by atoms with E-state index in [0.717, 1.165) is 0 Å². The molecular formula is C11H17N3O2S. The van der Waals surface area contributed by atoms with Crippen molar-refractivity contribution in [1.29, 1.82) is 0 Å². The van der Waals surface area contributed by atoms with Gasteiger partial charge in [-0.1, -0.05) is 13.8 Å². The van der Waals surface area contributed by atoms with Gasteiger partial charge in [-0.15, -0.1) is 11.3 Å². The first kappa shape index (κ1) is 12.5. The average Bonchev–Trinajstić information content (AvgIpc) is 2.79. The molecule has 0 aromatic carbocycles. The van der Waals surface area contributed by atoms with Crippen LogP contribution < -0.4 is 10.6 Å². The minimum atomic E-state index is -0.268. The predicted molar refractivity (Wildman–Crippen MR) is 67.4 cm³/mol. The highest BCUT2D eigenvalue weighted by Gasteiger charge is 2.22. The second-order valence-electron chi connectivity index (χ2n) is 4.29. The lowest BCUT2D eigenvalue weighted by atomic mass is 10.2. The molecule has 1 aromatic rings. The van der Waals surface area contributed by atoms with E-state index in [-0.39, 0.29) is 11.9 Å². The van der Waals surface area contributed by atoms with Crippen LogP contribution in [0, 0.1) is 0 Å². The first-order valence-corrected chi connectivity index (χ1v) is 6.56. The van der Waals surface area contributed by atoms with Crippen LogP contribution in [0.2, 0.25) is 0 Å². The number of thiazole rings is 1. The number of carbonyl (C=O) groups is 1. The lowest BCUT2D eigenvalue weighted by Gasteiger charge is -2.22. The van der Waals surface area contributed by atoms with Gasteiger partial charge in [0.15, 0.2) is 5.13 Å². The van der Waals surface area contributed by atoms with E-state index in [9.17, 15) is 4.79 Å². The number of nitrogens with one attached hydrogen (secondary N) is 2. The Labute approximate surface area is 105 Å². The molecule has 1 amide bonds. The van der Waals surface area contributed by atoms with Crippen molar-refractivity contribution in [3.8, 4) is 0 Å². The van der Waals surface area contributed by atoms with Gasteiger partial charge < -0.3 is 15.4 Å². The fraction of sp³-hybridized carbons (Fsp3) is 0.636. The molecule has 94 valence electrons. The highest BCUT2D eigenvalue weighted by Crippen LogP contribution is 2.25. The maximum atomic E-state index is 11.9. The topological polar surface area (TPSA) is 63.2 Å². The van der Waals surface area contributed by atoms with Crippen molar-refractivity contribution in [1.82, 2.24) is 10.3 Å². The number of nitrogens with zero attached hydrogens (tertiary/aromatic N) is 1. The minimum Gasteiger partial charge on any atom is -0.378 e. The van der Waals surface area contributed by atoms with Gasteiger partial charge in [-0.05, 0) is 5.92 Å². The van der Waals surface area contributed by atoms with Crippen molar-refractivity contribution in [2.45, 2.75) is 25.8 Å². The van der Waals surface area contributed by atoms with Crippen LogP contribution in [-0.4, -0.2) is 36.7 Å². The van der Waals surface area contributed by atoms with Crippen molar-refractivity contribution in [2.75, 3.05) is 25.1 Å². The van der Waals surface area contributed by atoms with Gasteiger partial charge in [-0.2, -0.15) is 0 Å². The largest absolute Gasteiger partial charge is 0.378 e. The van der Waals surface area contributed by atoms with Crippen molar-refractivity contribution in [3.05, 3.63) is 11.1 Å². The molecular weight excluding hydrogens is 238 g/mol. The standard InChI is InChI=1S/C11H17N3O2S/c1-7(2)9-5-13-11(17-9)14-10(15)8-6-16-4-3-12-8/h5,7-8,12H,3-4,6H2,1-2H3,(H,13,14,15). The zero-order valence-corrected chi connectivity index (χ0v) is 10.8. The number of aromatic nitrogens is 1. The second-order valence-corrected chi connectivity index (χ2v) is 5.36. The lowest BCUT2D eigenvalue weighted by molar-refractivity contribution is -0.120. The van der Waals surface area contributed by atoms with E-state index in [1.54, 1.807) is 0 Å². The Morgan fingerprint density at radius 3 is 3.12 bits per heavy atom. The molecule has 1 atom stereocenters. The summed E-state index contributed by atoms with van der Waals surface area (Å²) in [6.45, 7) is 6.02. The van der Waals surface area contributed by atoms with Crippen LogP contribution in [0.3, 0.4) is 0 Å². The van der Waals surface area contributed by atoms with Gasteiger partial charge in [0.25, 0.3) is 0 Å². The van der Waals surface area contributed by atoms with E-state index in [2.05, 4.69) is 29.5 Å². The lowest BCUT2D eigenvalue weighted by Crippen LogP contribution is -2.48. The summed E-state index contributed by atoms with van der Waals surface area (Å²) in [6, 6.07) is -0.268. The van der Waals surface area contributed by atoms with Crippen molar-refractivity contribution in [3.63, 3.8) is 0 Å². The number of hydrogen-bond donors (Lipinski definition) is 2. The first-order valence-electron chi connectivity index (χ1n) is 5.74. The van der Waals surface area contributed by atoms with Gasteiger partial charge in [-0.3, -0.25) is 4.79 Å². The van der Waals surface area contributed by atoms with Crippen LogP contribution in [0.15, 0.2) is 6.20 Å². The quantitative estimate of drug-likeness (QED) is 0.851. The van der Waals surface area contributed by atoms with Crippen LogP contribution in [0.1, 0.15) is 24.6 Å². The van der Waals surface area contributed by atoms with Crippen LogP contribution >= 0.6 is 11.3 Å². The highest BCUT2D eigenvalue weighted by molar-refractivity contribution is 7.15. The molecule has 0 saturated carbocycles. The molecule has 2 N–H and O–H groups in total. The summed E-state index contributed by atoms with van der Waals surface area (Å²) in [5.41, 5.74) is 0. The Balaban J connectivity index is 1.92. The van der Waals surface area contributed by atoms with Gasteiger partial charge >= 0.3 is 0 Å². The molecule has 2 rings (SSSR count). The maximum Gasteiger partial charge on any atom is 0.245 e. The number of carbonyl (C=O) groups excluding carboxylic acids is 1. The summed E-state index contributed by atoms with van der Waals surface area (Å²) in [5.74, 6) is 0.364. The van der Waals surface area contributed by atoms with Gasteiger partial charge in [0.2, 0.25) is 5.91 Å². The SMILES string of the molecule is CC(C)c1cnc(NC(=O)C2COCCN2)s1. The minimum absolute atomic E-state index is 0.0747. The average molecular weight is 255 g/mol. The molecule has 1 aliphatic rings. The maximum absolute atomic E-state index is 11.9. The zero-order chi connectivity index (χ0) is 12.3. The fourth-order valence-corrected chi connectivity index (χ4v) is 2.36. The molecule has 1 aliphatic heterocycles. The Bertz CT molecular complexity index is 386. The van der Waals surface area contributed by atoms with E-state index in [0.29, 0.717) is 30.8 Å². The Kier molecular flexibility index (Phi) is 4.09. The third-order valence-corrected chi connectivity index (χ3v) is 3.77. The molecule has 1 aromatic heterocycles. The van der Waals surface area contributed by atoms with Gasteiger partial charge in [-0.25, -0.2) is 4.98 Å². The number of rotatable bonds is 3. The van der Waals surface area contributed by atoms with E-state index >= 15 is 0 Å². The van der Waals surface area contributed by atoms with Crippen molar-refractivity contribution < 1.29 is 9.53 Å². The molecule has 1 saturated heterocycles. The monoisotopic (exact) mass is 255 g/mol. The predicted octanol–water partition coefficient (Wildman–Crippen LogP) is 1.19. The first-order chi connectivity index (χ1) is 8.16. The molecule has 0 bridgehead atoms. The van der Waals surface area contributed by atoms with Crippen LogP contribution in [0.4, 0.5) is 5.13 Å². The summed E-state index contributed by atoms with van der Waals surface area (Å²) in [6.07, 6.45) is 1.82. The smallest absolute Gasteiger partial charge is 0.245 e. The molecule has 1 unspecified atom stereocenters. The number of hydrogen-bond acceptors (Lipinski definition) is 5. The fourth-order valence-electron chi connectivity index (χ4n) is 1.54. The Hall–Kier alpha value is -0.980. The number of ether oxygens (including phenoxy) is 1. The summed E-state index contributed by atoms with van der Waals surface area (Å²) in [5, 5.41) is 6.58. The number of amides is 1. The number of anilines is 1. The summed E-state index contributed by atoms with van der Waals surface area (Å²) in [7, 11) is 0. The van der Waals surface area contributed by atoms with Crippen LogP contribution in [0.25, 0.3) is 0 Å². The third-order valence-electron chi connectivity index (χ3n) is 2.56. The van der Waals surface area contributed by atoms with Gasteiger partial charge in [0.05, 0.1) is 13.2 Å². The van der Waals surface area contributed by atoms with E-state index in [4.69, 9.17) is 4.74 Å². The highest BCUT2D eigenvalue weighted by atomic mass is 32.1. The van der Waals surface area contributed by atoms with E-state index in [1.807, 2.05) is 6.20 Å². The van der Waals surface area contributed by atoms with Crippen molar-refractivity contribution in [2.24, 2.45) is 0 Å². The molecule has 17 heavy (non-hydrogen) atoms. The molecule has 5 nitrogen and oxygen atoms in total. The molecule has 2 heterocycles. The summed E-state index contributed by atoms with van der Waals surface area (Å²) < 4.78 is 5.24. The molecule has 0 aliphatic carbocycles.